The number of aromatic nitrogens is 2. The number of rotatable bonds is 7. The van der Waals surface area contributed by atoms with E-state index in [0.717, 1.165) is 0 Å². The number of benzene rings is 2. The number of hydrogen-bond acceptors (Lipinski definition) is 8. The Morgan fingerprint density at radius 2 is 1.62 bits per heavy atom. The van der Waals surface area contributed by atoms with Crippen molar-refractivity contribution >= 4 is 22.7 Å². The molecule has 0 saturated carbocycles. The largest absolute Gasteiger partial charge is 0.502 e. The highest BCUT2D eigenvalue weighted by atomic mass is 35.5. The first-order valence-electron chi connectivity index (χ1n) is 8.39. The van der Waals surface area contributed by atoms with Crippen LogP contribution in [0.4, 0.5) is 0 Å². The van der Waals surface area contributed by atoms with E-state index in [0.29, 0.717) is 28.5 Å². The van der Waals surface area contributed by atoms with Crippen LogP contribution in [0.25, 0.3) is 22.5 Å². The van der Waals surface area contributed by atoms with Gasteiger partial charge in [0.2, 0.25) is 11.6 Å². The normalized spacial score (nSPS) is 11.3. The van der Waals surface area contributed by atoms with Gasteiger partial charge in [-0.25, -0.2) is 0 Å². The number of methoxy groups -OCH3 is 4. The van der Waals surface area contributed by atoms with Crippen molar-refractivity contribution < 1.29 is 28.6 Å². The molecule has 0 unspecified atom stereocenters. The van der Waals surface area contributed by atoms with Gasteiger partial charge in [-0.1, -0.05) is 16.8 Å². The Labute approximate surface area is 172 Å². The molecule has 1 aromatic heterocycles. The zero-order chi connectivity index (χ0) is 21.0. The minimum atomic E-state index is -0.102. The van der Waals surface area contributed by atoms with Crippen LogP contribution < -0.4 is 18.9 Å². The monoisotopic (exact) mass is 418 g/mol. The standard InChI is InChI=1S/C20H19ClN2O6/c1-25-12-5-6-13(15(10-12)26-2)19-22-20(29-23-19)14(21)7-11-8-16(27-3)18(24)17(9-11)28-4/h5-10,24H,1-4H3/b14-7-. The van der Waals surface area contributed by atoms with Gasteiger partial charge in [-0.05, 0) is 35.9 Å². The lowest BCUT2D eigenvalue weighted by Crippen LogP contribution is -1.91. The van der Waals surface area contributed by atoms with Crippen molar-refractivity contribution in [1.29, 1.82) is 0 Å². The zero-order valence-electron chi connectivity index (χ0n) is 16.2. The molecule has 0 radical (unpaired) electrons. The second-order valence-electron chi connectivity index (χ2n) is 5.76. The summed E-state index contributed by atoms with van der Waals surface area (Å²) in [6.07, 6.45) is 1.59. The first-order chi connectivity index (χ1) is 14.0. The molecule has 0 saturated heterocycles. The molecule has 3 aromatic rings. The summed E-state index contributed by atoms with van der Waals surface area (Å²) in [5.74, 6) is 1.99. The summed E-state index contributed by atoms with van der Waals surface area (Å²) in [6.45, 7) is 0. The average molecular weight is 419 g/mol. The first-order valence-corrected chi connectivity index (χ1v) is 8.77. The molecule has 0 amide bonds. The third kappa shape index (κ3) is 4.22. The van der Waals surface area contributed by atoms with Gasteiger partial charge < -0.3 is 28.6 Å². The smallest absolute Gasteiger partial charge is 0.269 e. The van der Waals surface area contributed by atoms with Crippen molar-refractivity contribution in [3.05, 3.63) is 41.8 Å². The Balaban J connectivity index is 1.95. The molecule has 1 N–H and O–H groups in total. The van der Waals surface area contributed by atoms with Gasteiger partial charge in [-0.15, -0.1) is 0 Å². The molecule has 0 aliphatic rings. The van der Waals surface area contributed by atoms with E-state index in [2.05, 4.69) is 10.1 Å². The van der Waals surface area contributed by atoms with Crippen LogP contribution in [0.1, 0.15) is 11.5 Å². The molecular weight excluding hydrogens is 400 g/mol. The number of halogens is 1. The Morgan fingerprint density at radius 3 is 2.21 bits per heavy atom. The van der Waals surface area contributed by atoms with E-state index in [1.54, 1.807) is 43.5 Å². The second-order valence-corrected chi connectivity index (χ2v) is 6.16. The van der Waals surface area contributed by atoms with Gasteiger partial charge in [-0.3, -0.25) is 0 Å². The van der Waals surface area contributed by atoms with Gasteiger partial charge in [0.1, 0.15) is 16.5 Å². The van der Waals surface area contributed by atoms with E-state index < -0.39 is 0 Å². The number of phenols is 1. The van der Waals surface area contributed by atoms with Crippen LogP contribution >= 0.6 is 11.6 Å². The third-order valence-corrected chi connectivity index (χ3v) is 4.35. The number of hydrogen-bond donors (Lipinski definition) is 1. The summed E-state index contributed by atoms with van der Waals surface area (Å²) in [5.41, 5.74) is 1.24. The number of phenolic OH excluding ortho intramolecular Hbond substituents is 1. The van der Waals surface area contributed by atoms with Crippen molar-refractivity contribution in [3.63, 3.8) is 0 Å². The maximum absolute atomic E-state index is 10.0. The molecule has 0 atom stereocenters. The lowest BCUT2D eigenvalue weighted by Gasteiger charge is -2.09. The summed E-state index contributed by atoms with van der Waals surface area (Å²) >= 11 is 6.36. The Bertz CT molecular complexity index is 1020. The number of ether oxygens (including phenoxy) is 4. The van der Waals surface area contributed by atoms with Crippen molar-refractivity contribution in [2.45, 2.75) is 0 Å². The molecule has 29 heavy (non-hydrogen) atoms. The van der Waals surface area contributed by atoms with E-state index in [4.69, 9.17) is 35.1 Å². The molecule has 8 nitrogen and oxygen atoms in total. The van der Waals surface area contributed by atoms with Crippen LogP contribution in [0.2, 0.25) is 0 Å². The predicted octanol–water partition coefficient (Wildman–Crippen LogP) is 4.21. The van der Waals surface area contributed by atoms with Crippen LogP contribution in [-0.2, 0) is 0 Å². The Morgan fingerprint density at radius 1 is 0.966 bits per heavy atom. The summed E-state index contributed by atoms with van der Waals surface area (Å²) < 4.78 is 26.1. The number of aromatic hydroxyl groups is 1. The molecule has 152 valence electrons. The third-order valence-electron chi connectivity index (χ3n) is 4.08. The van der Waals surface area contributed by atoms with Crippen LogP contribution in [0.3, 0.4) is 0 Å². The van der Waals surface area contributed by atoms with Crippen molar-refractivity contribution in [3.8, 4) is 40.1 Å². The van der Waals surface area contributed by atoms with E-state index in [9.17, 15) is 5.11 Å². The lowest BCUT2D eigenvalue weighted by atomic mass is 10.1. The maximum Gasteiger partial charge on any atom is 0.269 e. The van der Waals surface area contributed by atoms with Gasteiger partial charge in [0.05, 0.1) is 34.0 Å². The average Bonchev–Trinajstić information content (AvgIpc) is 3.24. The zero-order valence-corrected chi connectivity index (χ0v) is 17.0. The maximum atomic E-state index is 10.0. The van der Waals surface area contributed by atoms with Crippen molar-refractivity contribution in [2.75, 3.05) is 28.4 Å². The highest BCUT2D eigenvalue weighted by Crippen LogP contribution is 2.38. The first kappa shape index (κ1) is 20.3. The van der Waals surface area contributed by atoms with Gasteiger partial charge in [-0.2, -0.15) is 4.98 Å². The van der Waals surface area contributed by atoms with Crippen LogP contribution in [0.5, 0.6) is 28.7 Å². The van der Waals surface area contributed by atoms with Crippen molar-refractivity contribution in [1.82, 2.24) is 10.1 Å². The molecular formula is C20H19ClN2O6. The lowest BCUT2D eigenvalue weighted by molar-refractivity contribution is 0.340. The van der Waals surface area contributed by atoms with E-state index in [1.807, 2.05) is 0 Å². The summed E-state index contributed by atoms with van der Waals surface area (Å²) in [4.78, 5) is 4.33. The Hall–Kier alpha value is -3.39. The highest BCUT2D eigenvalue weighted by Gasteiger charge is 2.17. The SMILES string of the molecule is COc1ccc(-c2noc(/C(Cl)=C/c3cc(OC)c(O)c(OC)c3)n2)c(OC)c1. The molecule has 0 spiro atoms. The van der Waals surface area contributed by atoms with Gasteiger partial charge in [0, 0.05) is 6.07 Å². The fourth-order valence-corrected chi connectivity index (χ4v) is 2.82. The highest BCUT2D eigenvalue weighted by molar-refractivity contribution is 6.50. The van der Waals surface area contributed by atoms with E-state index in [-0.39, 0.29) is 28.2 Å². The van der Waals surface area contributed by atoms with E-state index in [1.165, 1.54) is 21.3 Å². The second kappa shape index (κ2) is 8.74. The van der Waals surface area contributed by atoms with Gasteiger partial charge >= 0.3 is 0 Å². The minimum absolute atomic E-state index is 0.102. The molecule has 9 heteroatoms. The molecule has 2 aromatic carbocycles. The molecule has 0 fully saturated rings. The summed E-state index contributed by atoms with van der Waals surface area (Å²) in [6, 6.07) is 8.45. The van der Waals surface area contributed by atoms with Gasteiger partial charge in [0.25, 0.3) is 5.89 Å². The fourth-order valence-electron chi connectivity index (χ4n) is 2.62. The van der Waals surface area contributed by atoms with Gasteiger partial charge in [0.15, 0.2) is 11.5 Å². The molecule has 3 rings (SSSR count). The summed E-state index contributed by atoms with van der Waals surface area (Å²) in [5, 5.41) is 14.2. The van der Waals surface area contributed by atoms with Crippen molar-refractivity contribution in [2.24, 2.45) is 0 Å². The van der Waals surface area contributed by atoms with E-state index >= 15 is 0 Å². The molecule has 0 bridgehead atoms. The van der Waals surface area contributed by atoms with Crippen LogP contribution in [-0.4, -0.2) is 43.7 Å². The quantitative estimate of drug-likeness (QED) is 0.609. The number of nitrogens with zero attached hydrogens (tertiary/aromatic N) is 2. The Kier molecular flexibility index (Phi) is 6.13. The summed E-state index contributed by atoms with van der Waals surface area (Å²) in [7, 11) is 5.99. The molecule has 0 aliphatic carbocycles. The molecule has 1 heterocycles. The predicted molar refractivity (Wildman–Crippen MR) is 108 cm³/mol. The fraction of sp³-hybridized carbons (Fsp3) is 0.200. The van der Waals surface area contributed by atoms with Crippen LogP contribution in [0.15, 0.2) is 34.9 Å². The molecule has 0 aliphatic heterocycles. The minimum Gasteiger partial charge on any atom is -0.502 e. The topological polar surface area (TPSA) is 96.1 Å². The van der Waals surface area contributed by atoms with Crippen LogP contribution in [0, 0.1) is 0 Å².